The van der Waals surface area contributed by atoms with Gasteiger partial charge in [-0.2, -0.15) is 0 Å². The molecule has 3 aromatic rings. The van der Waals surface area contributed by atoms with Crippen LogP contribution in [0.25, 0.3) is 0 Å². The van der Waals surface area contributed by atoms with Gasteiger partial charge < -0.3 is 10.1 Å². The second-order valence-electron chi connectivity index (χ2n) is 6.48. The molecule has 0 spiro atoms. The van der Waals surface area contributed by atoms with Crippen molar-refractivity contribution in [2.24, 2.45) is 0 Å². The van der Waals surface area contributed by atoms with Gasteiger partial charge in [0.1, 0.15) is 12.4 Å². The van der Waals surface area contributed by atoms with E-state index in [9.17, 15) is 25.0 Å². The number of ether oxygens (including phenoxy) is 1. The van der Waals surface area contributed by atoms with Gasteiger partial charge in [-0.1, -0.05) is 36.4 Å². The van der Waals surface area contributed by atoms with Gasteiger partial charge in [0, 0.05) is 12.1 Å². The van der Waals surface area contributed by atoms with E-state index in [1.807, 2.05) is 37.3 Å². The number of aryl methyl sites for hydroxylation is 1. The molecule has 0 fully saturated rings. The second-order valence-corrected chi connectivity index (χ2v) is 6.48. The monoisotopic (exact) mass is 407 g/mol. The standard InChI is InChI=1S/C21H17N3O6/c1-14-7-8-19(20(9-14)30-13-15-5-3-2-4-6-15)22-21(25)16-10-17(23(26)27)12-18(11-16)24(28)29/h2-12H,13H2,1H3,(H,22,25). The number of hydrogen-bond donors (Lipinski definition) is 1. The Balaban J connectivity index is 1.86. The van der Waals surface area contributed by atoms with Crippen LogP contribution in [-0.2, 0) is 6.61 Å². The van der Waals surface area contributed by atoms with Crippen molar-refractivity contribution in [2.45, 2.75) is 13.5 Å². The number of nitrogens with one attached hydrogen (secondary N) is 1. The van der Waals surface area contributed by atoms with E-state index in [1.165, 1.54) is 0 Å². The molecule has 0 saturated carbocycles. The molecule has 0 saturated heterocycles. The van der Waals surface area contributed by atoms with Crippen LogP contribution in [-0.4, -0.2) is 15.8 Å². The first-order valence-electron chi connectivity index (χ1n) is 8.86. The van der Waals surface area contributed by atoms with Crippen molar-refractivity contribution < 1.29 is 19.4 Å². The second kappa shape index (κ2) is 8.82. The van der Waals surface area contributed by atoms with Crippen molar-refractivity contribution in [2.75, 3.05) is 5.32 Å². The topological polar surface area (TPSA) is 125 Å². The van der Waals surface area contributed by atoms with Gasteiger partial charge in [0.2, 0.25) is 0 Å². The highest BCUT2D eigenvalue weighted by atomic mass is 16.6. The van der Waals surface area contributed by atoms with Gasteiger partial charge in [-0.3, -0.25) is 25.0 Å². The van der Waals surface area contributed by atoms with Crippen molar-refractivity contribution in [3.63, 3.8) is 0 Å². The number of amides is 1. The van der Waals surface area contributed by atoms with E-state index >= 15 is 0 Å². The molecular formula is C21H17N3O6. The number of hydrogen-bond acceptors (Lipinski definition) is 6. The summed E-state index contributed by atoms with van der Waals surface area (Å²) in [6.07, 6.45) is 0. The molecule has 0 bridgehead atoms. The number of anilines is 1. The molecule has 0 radical (unpaired) electrons. The van der Waals surface area contributed by atoms with Crippen LogP contribution in [0.15, 0.2) is 66.7 Å². The molecule has 0 atom stereocenters. The van der Waals surface area contributed by atoms with Gasteiger partial charge >= 0.3 is 0 Å². The molecule has 0 aliphatic heterocycles. The van der Waals surface area contributed by atoms with Crippen LogP contribution in [0.3, 0.4) is 0 Å². The van der Waals surface area contributed by atoms with E-state index < -0.39 is 27.1 Å². The van der Waals surface area contributed by atoms with Gasteiger partial charge in [-0.05, 0) is 30.2 Å². The number of non-ortho nitro benzene ring substituents is 2. The van der Waals surface area contributed by atoms with Gasteiger partial charge in [0.05, 0.1) is 27.2 Å². The first-order chi connectivity index (χ1) is 14.3. The average molecular weight is 407 g/mol. The third kappa shape index (κ3) is 4.96. The number of nitrogens with zero attached hydrogens (tertiary/aromatic N) is 2. The zero-order valence-electron chi connectivity index (χ0n) is 15.9. The number of rotatable bonds is 7. The molecule has 0 aromatic heterocycles. The summed E-state index contributed by atoms with van der Waals surface area (Å²) in [5, 5.41) is 24.7. The molecule has 1 N–H and O–H groups in total. The molecule has 0 heterocycles. The molecule has 0 aliphatic rings. The quantitative estimate of drug-likeness (QED) is 0.449. The SMILES string of the molecule is Cc1ccc(NC(=O)c2cc([N+](=O)[O-])cc([N+](=O)[O-])c2)c(OCc2ccccc2)c1. The summed E-state index contributed by atoms with van der Waals surface area (Å²) >= 11 is 0. The zero-order chi connectivity index (χ0) is 21.7. The predicted molar refractivity (Wildman–Crippen MR) is 110 cm³/mol. The largest absolute Gasteiger partial charge is 0.487 e. The van der Waals surface area contributed by atoms with E-state index in [-0.39, 0.29) is 12.2 Å². The smallest absolute Gasteiger partial charge is 0.277 e. The molecule has 9 heteroatoms. The summed E-state index contributed by atoms with van der Waals surface area (Å²) in [7, 11) is 0. The number of nitro benzene ring substituents is 2. The maximum Gasteiger partial charge on any atom is 0.277 e. The normalized spacial score (nSPS) is 10.3. The number of carbonyl (C=O) groups is 1. The lowest BCUT2D eigenvalue weighted by Crippen LogP contribution is -2.14. The van der Waals surface area contributed by atoms with E-state index in [4.69, 9.17) is 4.74 Å². The molecule has 3 aromatic carbocycles. The summed E-state index contributed by atoms with van der Waals surface area (Å²) in [6.45, 7) is 2.14. The molecular weight excluding hydrogens is 390 g/mol. The van der Waals surface area contributed by atoms with Crippen LogP contribution < -0.4 is 10.1 Å². The van der Waals surface area contributed by atoms with Crippen LogP contribution in [0.4, 0.5) is 17.1 Å². The van der Waals surface area contributed by atoms with Crippen LogP contribution in [0.5, 0.6) is 5.75 Å². The van der Waals surface area contributed by atoms with E-state index in [0.29, 0.717) is 11.4 Å². The van der Waals surface area contributed by atoms with Crippen molar-refractivity contribution in [1.29, 1.82) is 0 Å². The molecule has 3 rings (SSSR count). The molecule has 152 valence electrons. The van der Waals surface area contributed by atoms with Crippen molar-refractivity contribution in [1.82, 2.24) is 0 Å². The minimum Gasteiger partial charge on any atom is -0.487 e. The highest BCUT2D eigenvalue weighted by molar-refractivity contribution is 6.05. The molecule has 1 amide bonds. The Labute approximate surface area is 171 Å². The lowest BCUT2D eigenvalue weighted by atomic mass is 10.1. The summed E-state index contributed by atoms with van der Waals surface area (Å²) in [5.41, 5.74) is 0.895. The first-order valence-corrected chi connectivity index (χ1v) is 8.86. The minimum absolute atomic E-state index is 0.203. The Morgan fingerprint density at radius 3 is 2.17 bits per heavy atom. The fourth-order valence-corrected chi connectivity index (χ4v) is 2.72. The highest BCUT2D eigenvalue weighted by Gasteiger charge is 2.20. The van der Waals surface area contributed by atoms with Gasteiger partial charge in [-0.15, -0.1) is 0 Å². The number of nitro groups is 2. The lowest BCUT2D eigenvalue weighted by Gasteiger charge is -2.13. The predicted octanol–water partition coefficient (Wildman–Crippen LogP) is 4.64. The minimum atomic E-state index is -0.788. The van der Waals surface area contributed by atoms with Crippen LogP contribution in [0, 0.1) is 27.2 Å². The van der Waals surface area contributed by atoms with E-state index in [2.05, 4.69) is 5.32 Å². The van der Waals surface area contributed by atoms with Gasteiger partial charge in [-0.25, -0.2) is 0 Å². The van der Waals surface area contributed by atoms with Crippen LogP contribution >= 0.6 is 0 Å². The molecule has 0 unspecified atom stereocenters. The third-order valence-electron chi connectivity index (χ3n) is 4.21. The molecule has 9 nitrogen and oxygen atoms in total. The maximum absolute atomic E-state index is 12.7. The molecule has 0 aliphatic carbocycles. The highest BCUT2D eigenvalue weighted by Crippen LogP contribution is 2.29. The van der Waals surface area contributed by atoms with Crippen molar-refractivity contribution in [3.8, 4) is 5.75 Å². The average Bonchev–Trinajstić information content (AvgIpc) is 2.74. The summed E-state index contributed by atoms with van der Waals surface area (Å²) in [4.78, 5) is 33.2. The lowest BCUT2D eigenvalue weighted by molar-refractivity contribution is -0.394. The fraction of sp³-hybridized carbons (Fsp3) is 0.0952. The number of carbonyl (C=O) groups excluding carboxylic acids is 1. The first kappa shape index (κ1) is 20.5. The Hall–Kier alpha value is -4.27. The van der Waals surface area contributed by atoms with Crippen LogP contribution in [0.1, 0.15) is 21.5 Å². The Kier molecular flexibility index (Phi) is 6.02. The van der Waals surface area contributed by atoms with Gasteiger partial charge in [0.15, 0.2) is 0 Å². The fourth-order valence-electron chi connectivity index (χ4n) is 2.72. The van der Waals surface area contributed by atoms with Crippen molar-refractivity contribution >= 4 is 23.0 Å². The van der Waals surface area contributed by atoms with Crippen LogP contribution in [0.2, 0.25) is 0 Å². The van der Waals surface area contributed by atoms with Crippen molar-refractivity contribution in [3.05, 3.63) is 104 Å². The summed E-state index contributed by atoms with van der Waals surface area (Å²) < 4.78 is 5.83. The number of benzene rings is 3. The van der Waals surface area contributed by atoms with Gasteiger partial charge in [0.25, 0.3) is 17.3 Å². The Morgan fingerprint density at radius 1 is 0.933 bits per heavy atom. The summed E-state index contributed by atoms with van der Waals surface area (Å²) in [5.74, 6) is -0.317. The zero-order valence-corrected chi connectivity index (χ0v) is 15.9. The third-order valence-corrected chi connectivity index (χ3v) is 4.21. The van der Waals surface area contributed by atoms with E-state index in [0.717, 1.165) is 29.3 Å². The Bertz CT molecular complexity index is 1080. The Morgan fingerprint density at radius 2 is 1.57 bits per heavy atom. The molecule has 30 heavy (non-hydrogen) atoms. The maximum atomic E-state index is 12.7. The van der Waals surface area contributed by atoms with E-state index in [1.54, 1.807) is 18.2 Å². The summed E-state index contributed by atoms with van der Waals surface area (Å²) in [6, 6.07) is 17.4.